The fourth-order valence-electron chi connectivity index (χ4n) is 2.23. The molecule has 0 aromatic carbocycles. The minimum atomic E-state index is -4.02. The van der Waals surface area contributed by atoms with Crippen molar-refractivity contribution in [2.24, 2.45) is 17.3 Å². The van der Waals surface area contributed by atoms with E-state index < -0.39 is 11.6 Å². The van der Waals surface area contributed by atoms with Gasteiger partial charge in [-0.3, -0.25) is 0 Å². The Morgan fingerprint density at radius 1 is 1.14 bits per heavy atom. The van der Waals surface area contributed by atoms with Gasteiger partial charge >= 0.3 is 6.18 Å². The summed E-state index contributed by atoms with van der Waals surface area (Å²) in [5, 5.41) is 0. The van der Waals surface area contributed by atoms with E-state index in [9.17, 15) is 13.2 Å². The van der Waals surface area contributed by atoms with Gasteiger partial charge in [-0.1, -0.05) is 20.8 Å². The molecule has 0 heterocycles. The van der Waals surface area contributed by atoms with Crippen LogP contribution in [0.15, 0.2) is 0 Å². The number of halogens is 3. The molecule has 1 aliphatic rings. The number of hydrogen-bond donors (Lipinski definition) is 0. The summed E-state index contributed by atoms with van der Waals surface area (Å²) < 4.78 is 38.0. The molecule has 0 aromatic rings. The van der Waals surface area contributed by atoms with Gasteiger partial charge < -0.3 is 0 Å². The lowest BCUT2D eigenvalue weighted by molar-refractivity contribution is -0.230. The van der Waals surface area contributed by atoms with Crippen LogP contribution in [-0.2, 0) is 0 Å². The molecular weight excluding hydrogens is 189 g/mol. The van der Waals surface area contributed by atoms with Gasteiger partial charge in [0.15, 0.2) is 0 Å². The summed E-state index contributed by atoms with van der Waals surface area (Å²) in [7, 11) is 0. The van der Waals surface area contributed by atoms with Crippen LogP contribution in [0.5, 0.6) is 0 Å². The molecule has 0 unspecified atom stereocenters. The number of alkyl halides is 3. The Labute approximate surface area is 83.9 Å². The molecular formula is C11H19F3. The van der Waals surface area contributed by atoms with Crippen LogP contribution in [0, 0.1) is 17.3 Å². The molecule has 3 heteroatoms. The second-order valence-electron chi connectivity index (χ2n) is 5.14. The summed E-state index contributed by atoms with van der Waals surface area (Å²) in [4.78, 5) is 0. The molecule has 14 heavy (non-hydrogen) atoms. The highest BCUT2D eigenvalue weighted by Gasteiger charge is 2.52. The summed E-state index contributed by atoms with van der Waals surface area (Å²) in [6.45, 7) is 5.56. The normalized spacial score (nSPS) is 34.9. The highest BCUT2D eigenvalue weighted by Crippen LogP contribution is 2.50. The van der Waals surface area contributed by atoms with Gasteiger partial charge in [0.1, 0.15) is 0 Å². The van der Waals surface area contributed by atoms with E-state index in [1.807, 2.05) is 0 Å². The molecule has 0 N–H and O–H groups in total. The molecule has 1 fully saturated rings. The lowest BCUT2D eigenvalue weighted by Crippen LogP contribution is -2.39. The molecule has 0 atom stereocenters. The van der Waals surface area contributed by atoms with E-state index in [0.29, 0.717) is 24.7 Å². The Morgan fingerprint density at radius 3 is 1.86 bits per heavy atom. The first kappa shape index (κ1) is 11.9. The molecule has 0 spiro atoms. The second-order valence-corrected chi connectivity index (χ2v) is 5.14. The number of rotatable bonds is 1. The van der Waals surface area contributed by atoms with Crippen molar-refractivity contribution in [1.29, 1.82) is 0 Å². The van der Waals surface area contributed by atoms with E-state index >= 15 is 0 Å². The van der Waals surface area contributed by atoms with Gasteiger partial charge in [0.2, 0.25) is 0 Å². The fraction of sp³-hybridized carbons (Fsp3) is 1.00. The smallest absolute Gasteiger partial charge is 0.171 e. The highest BCUT2D eigenvalue weighted by atomic mass is 19.4. The van der Waals surface area contributed by atoms with Crippen LogP contribution < -0.4 is 0 Å². The minimum absolute atomic E-state index is 0.305. The van der Waals surface area contributed by atoms with Gasteiger partial charge in [0, 0.05) is 0 Å². The average Bonchev–Trinajstić information content (AvgIpc) is 2.03. The molecule has 0 amide bonds. The van der Waals surface area contributed by atoms with E-state index in [0.717, 1.165) is 12.8 Å². The molecule has 1 rings (SSSR count). The maximum absolute atomic E-state index is 12.7. The maximum atomic E-state index is 12.7. The van der Waals surface area contributed by atoms with Crippen LogP contribution in [0.1, 0.15) is 46.5 Å². The molecule has 0 aliphatic heterocycles. The third kappa shape index (κ3) is 2.23. The Morgan fingerprint density at radius 2 is 1.57 bits per heavy atom. The van der Waals surface area contributed by atoms with Crippen LogP contribution in [0.25, 0.3) is 0 Å². The SMILES string of the molecule is CC(C)C1CCC(C)(C(F)(F)F)CC1. The Bertz CT molecular complexity index is 185. The quantitative estimate of drug-likeness (QED) is 0.599. The Hall–Kier alpha value is -0.210. The first-order valence-corrected chi connectivity index (χ1v) is 5.33. The van der Waals surface area contributed by atoms with Gasteiger partial charge in [-0.25, -0.2) is 0 Å². The minimum Gasteiger partial charge on any atom is -0.171 e. The van der Waals surface area contributed by atoms with Crippen LogP contribution in [0.4, 0.5) is 13.2 Å². The standard InChI is InChI=1S/C11H19F3/c1-8(2)9-4-6-10(3,7-5-9)11(12,13)14/h8-9H,4-7H2,1-3H3. The van der Waals surface area contributed by atoms with Crippen molar-refractivity contribution in [3.8, 4) is 0 Å². The highest BCUT2D eigenvalue weighted by molar-refractivity contribution is 4.88. The largest absolute Gasteiger partial charge is 0.394 e. The van der Waals surface area contributed by atoms with Crippen molar-refractivity contribution in [2.75, 3.05) is 0 Å². The predicted octanol–water partition coefficient (Wildman–Crippen LogP) is 4.40. The lowest BCUT2D eigenvalue weighted by Gasteiger charge is -2.39. The zero-order chi connectivity index (χ0) is 11.0. The van der Waals surface area contributed by atoms with Gasteiger partial charge in [-0.15, -0.1) is 0 Å². The molecule has 0 bridgehead atoms. The van der Waals surface area contributed by atoms with Crippen molar-refractivity contribution in [3.05, 3.63) is 0 Å². The number of hydrogen-bond acceptors (Lipinski definition) is 0. The van der Waals surface area contributed by atoms with Crippen molar-refractivity contribution in [3.63, 3.8) is 0 Å². The first-order chi connectivity index (χ1) is 6.26. The van der Waals surface area contributed by atoms with Gasteiger partial charge in [0.05, 0.1) is 5.41 Å². The average molecular weight is 208 g/mol. The van der Waals surface area contributed by atoms with Gasteiger partial charge in [-0.2, -0.15) is 13.2 Å². The summed E-state index contributed by atoms with van der Waals surface area (Å²) >= 11 is 0. The zero-order valence-corrected chi connectivity index (χ0v) is 9.12. The van der Waals surface area contributed by atoms with Crippen molar-refractivity contribution in [2.45, 2.75) is 52.6 Å². The summed E-state index contributed by atoms with van der Waals surface area (Å²) in [6, 6.07) is 0. The van der Waals surface area contributed by atoms with Crippen molar-refractivity contribution >= 4 is 0 Å². The fourth-order valence-corrected chi connectivity index (χ4v) is 2.23. The molecule has 1 saturated carbocycles. The second kappa shape index (κ2) is 3.74. The topological polar surface area (TPSA) is 0 Å². The van der Waals surface area contributed by atoms with Crippen LogP contribution in [-0.4, -0.2) is 6.18 Å². The van der Waals surface area contributed by atoms with Gasteiger partial charge in [0.25, 0.3) is 0 Å². The first-order valence-electron chi connectivity index (χ1n) is 5.33. The van der Waals surface area contributed by atoms with E-state index in [4.69, 9.17) is 0 Å². The van der Waals surface area contributed by atoms with E-state index in [1.165, 1.54) is 6.92 Å². The molecule has 84 valence electrons. The molecule has 0 saturated heterocycles. The monoisotopic (exact) mass is 208 g/mol. The summed E-state index contributed by atoms with van der Waals surface area (Å²) in [5.74, 6) is 1.01. The molecule has 0 aromatic heterocycles. The van der Waals surface area contributed by atoms with Crippen LogP contribution in [0.2, 0.25) is 0 Å². The van der Waals surface area contributed by atoms with Crippen molar-refractivity contribution < 1.29 is 13.2 Å². The van der Waals surface area contributed by atoms with Crippen LogP contribution >= 0.6 is 0 Å². The summed E-state index contributed by atoms with van der Waals surface area (Å²) in [6.07, 6.45) is -1.95. The zero-order valence-electron chi connectivity index (χ0n) is 9.12. The predicted molar refractivity (Wildman–Crippen MR) is 51.0 cm³/mol. The van der Waals surface area contributed by atoms with E-state index in [-0.39, 0.29) is 0 Å². The lowest BCUT2D eigenvalue weighted by atomic mass is 9.68. The maximum Gasteiger partial charge on any atom is 0.394 e. The molecule has 0 nitrogen and oxygen atoms in total. The third-order valence-electron chi connectivity index (χ3n) is 3.76. The third-order valence-corrected chi connectivity index (χ3v) is 3.76. The summed E-state index contributed by atoms with van der Waals surface area (Å²) in [5.41, 5.74) is -1.42. The Balaban J connectivity index is 2.58. The van der Waals surface area contributed by atoms with Gasteiger partial charge in [-0.05, 0) is 37.5 Å². The molecule has 0 radical (unpaired) electrons. The Kier molecular flexibility index (Phi) is 3.17. The van der Waals surface area contributed by atoms with E-state index in [2.05, 4.69) is 13.8 Å². The van der Waals surface area contributed by atoms with Crippen molar-refractivity contribution in [1.82, 2.24) is 0 Å². The van der Waals surface area contributed by atoms with E-state index in [1.54, 1.807) is 0 Å². The molecule has 1 aliphatic carbocycles. The van der Waals surface area contributed by atoms with Crippen LogP contribution in [0.3, 0.4) is 0 Å².